The molecule has 1 aliphatic heterocycles. The van der Waals surface area contributed by atoms with E-state index in [4.69, 9.17) is 26.2 Å². The Kier molecular flexibility index (Phi) is 5.59. The Morgan fingerprint density at radius 1 is 1.17 bits per heavy atom. The summed E-state index contributed by atoms with van der Waals surface area (Å²) in [4.78, 5) is 25.0. The van der Waals surface area contributed by atoms with Crippen LogP contribution in [-0.4, -0.2) is 56.0 Å². The van der Waals surface area contributed by atoms with E-state index in [2.05, 4.69) is 29.7 Å². The number of aryl methyl sites for hydroxylation is 1. The van der Waals surface area contributed by atoms with Crippen molar-refractivity contribution in [2.24, 2.45) is 11.7 Å². The minimum atomic E-state index is -0.0618. The molecular weight excluding hydrogens is 454 g/mol. The van der Waals surface area contributed by atoms with Crippen LogP contribution in [0.4, 0.5) is 5.82 Å². The van der Waals surface area contributed by atoms with Gasteiger partial charge < -0.3 is 25.7 Å². The topological polar surface area (TPSA) is 117 Å². The van der Waals surface area contributed by atoms with Crippen molar-refractivity contribution in [3.63, 3.8) is 0 Å². The van der Waals surface area contributed by atoms with Gasteiger partial charge in [0, 0.05) is 48.4 Å². The first kappa shape index (κ1) is 22.8. The van der Waals surface area contributed by atoms with Gasteiger partial charge in [-0.3, -0.25) is 4.79 Å². The van der Waals surface area contributed by atoms with Crippen LogP contribution in [0.3, 0.4) is 0 Å². The van der Waals surface area contributed by atoms with E-state index in [1.165, 1.54) is 12.8 Å². The second-order valence-electron chi connectivity index (χ2n) is 10.1. The van der Waals surface area contributed by atoms with Crippen LogP contribution in [0, 0.1) is 5.92 Å². The number of nitrogen functional groups attached to an aromatic ring is 1. The predicted molar refractivity (Wildman–Crippen MR) is 140 cm³/mol. The van der Waals surface area contributed by atoms with Crippen molar-refractivity contribution in [2.45, 2.75) is 51.6 Å². The minimum Gasteiger partial charge on any atom is -0.482 e. The number of methoxy groups -OCH3 is 1. The van der Waals surface area contributed by atoms with E-state index in [0.29, 0.717) is 47.6 Å². The molecule has 4 aromatic rings. The van der Waals surface area contributed by atoms with E-state index in [0.717, 1.165) is 48.2 Å². The van der Waals surface area contributed by atoms with Crippen molar-refractivity contribution in [3.8, 4) is 17.3 Å². The van der Waals surface area contributed by atoms with Crippen LogP contribution >= 0.6 is 0 Å². The number of likely N-dealkylation sites (tertiary alicyclic amines) is 1. The monoisotopic (exact) mass is 487 g/mol. The van der Waals surface area contributed by atoms with Gasteiger partial charge in [-0.15, -0.1) is 0 Å². The van der Waals surface area contributed by atoms with Crippen molar-refractivity contribution in [1.29, 1.82) is 0 Å². The Balaban J connectivity index is 1.48. The van der Waals surface area contributed by atoms with Gasteiger partial charge in [0.1, 0.15) is 22.8 Å². The molecule has 1 saturated heterocycles. The fraction of sp³-hybridized carbons (Fsp3) is 0.444. The molecule has 188 valence electrons. The Bertz CT molecular complexity index is 1470. The maximum Gasteiger partial charge on any atom is 0.254 e. The zero-order valence-electron chi connectivity index (χ0n) is 20.9. The average molecular weight is 488 g/mol. The molecule has 0 unspecified atom stereocenters. The first-order chi connectivity index (χ1) is 17.5. The average Bonchev–Trinajstić information content (AvgIpc) is 3.56. The molecule has 0 radical (unpaired) electrons. The Labute approximate surface area is 210 Å². The van der Waals surface area contributed by atoms with E-state index >= 15 is 0 Å². The number of nitrogens with zero attached hydrogens (tertiary/aromatic N) is 5. The molecule has 4 aromatic heterocycles. The Morgan fingerprint density at radius 2 is 2.00 bits per heavy atom. The van der Waals surface area contributed by atoms with E-state index in [1.807, 2.05) is 4.90 Å². The third kappa shape index (κ3) is 3.87. The maximum absolute atomic E-state index is 13.3. The van der Waals surface area contributed by atoms with Crippen molar-refractivity contribution in [1.82, 2.24) is 23.8 Å². The molecule has 4 N–H and O–H groups in total. The van der Waals surface area contributed by atoms with E-state index in [9.17, 15) is 4.79 Å². The fourth-order valence-corrected chi connectivity index (χ4v) is 5.30. The highest BCUT2D eigenvalue weighted by Gasteiger charge is 2.28. The lowest BCUT2D eigenvalue weighted by Crippen LogP contribution is -2.45. The summed E-state index contributed by atoms with van der Waals surface area (Å²) >= 11 is 0. The van der Waals surface area contributed by atoms with Gasteiger partial charge in [0.25, 0.3) is 5.91 Å². The van der Waals surface area contributed by atoms with Crippen LogP contribution in [0.2, 0.25) is 0 Å². The quantitative estimate of drug-likeness (QED) is 0.430. The van der Waals surface area contributed by atoms with Crippen LogP contribution in [0.1, 0.15) is 48.7 Å². The molecule has 0 aromatic carbocycles. The van der Waals surface area contributed by atoms with Crippen LogP contribution in [-0.2, 0) is 13.0 Å². The van der Waals surface area contributed by atoms with Crippen LogP contribution in [0.15, 0.2) is 30.3 Å². The van der Waals surface area contributed by atoms with Gasteiger partial charge in [-0.05, 0) is 62.3 Å². The lowest BCUT2D eigenvalue weighted by atomic mass is 10.1. The second kappa shape index (κ2) is 8.81. The molecular formula is C27H33N7O2. The van der Waals surface area contributed by atoms with Crippen molar-refractivity contribution >= 4 is 28.4 Å². The van der Waals surface area contributed by atoms with E-state index < -0.39 is 0 Å². The number of aromatic nitrogens is 4. The summed E-state index contributed by atoms with van der Waals surface area (Å²) in [5.74, 6) is 1.55. The van der Waals surface area contributed by atoms with Gasteiger partial charge >= 0.3 is 0 Å². The first-order valence-electron chi connectivity index (χ1n) is 12.9. The summed E-state index contributed by atoms with van der Waals surface area (Å²) in [6, 6.07) is 9.88. The number of piperidine rings is 1. The molecule has 9 nitrogen and oxygen atoms in total. The SMILES string of the molecule is CCc1ccc2cc(-c3nc4cc(C(=O)N5CCC[C@@H](N)C5)cc(OC)n4c3N)n(CC3CC3)c2n1. The lowest BCUT2D eigenvalue weighted by molar-refractivity contribution is 0.0708. The van der Waals surface area contributed by atoms with Gasteiger partial charge in [-0.2, -0.15) is 0 Å². The normalized spacial score (nSPS) is 18.3. The number of pyridine rings is 2. The molecule has 1 aliphatic carbocycles. The second-order valence-corrected chi connectivity index (χ2v) is 10.1. The zero-order chi connectivity index (χ0) is 25.0. The van der Waals surface area contributed by atoms with Gasteiger partial charge in [0.2, 0.25) is 5.88 Å². The smallest absolute Gasteiger partial charge is 0.254 e. The molecule has 1 amide bonds. The number of imidazole rings is 1. The number of hydrogen-bond donors (Lipinski definition) is 2. The number of ether oxygens (including phenoxy) is 1. The van der Waals surface area contributed by atoms with Gasteiger partial charge in [0.15, 0.2) is 0 Å². The largest absolute Gasteiger partial charge is 0.482 e. The van der Waals surface area contributed by atoms with Gasteiger partial charge in [0.05, 0.1) is 12.8 Å². The highest BCUT2D eigenvalue weighted by atomic mass is 16.5. The van der Waals surface area contributed by atoms with Crippen LogP contribution in [0.5, 0.6) is 5.88 Å². The number of rotatable bonds is 6. The number of nitrogens with two attached hydrogens (primary N) is 2. The number of anilines is 1. The number of carbonyl (C=O) groups excluding carboxylic acids is 1. The molecule has 1 saturated carbocycles. The Morgan fingerprint density at radius 3 is 2.72 bits per heavy atom. The standard InChI is InChI=1S/C27H33N7O2/c1-3-20-9-8-17-11-21(33(26(17)30-20)14-16-6-7-16)24-25(29)34-22(31-24)12-18(13-23(34)36-2)27(35)32-10-4-5-19(28)15-32/h8-9,11-13,16,19H,3-7,10,14-15,28-29H2,1-2H3/t19-/m1/s1. The van der Waals surface area contributed by atoms with Crippen LogP contribution < -0.4 is 16.2 Å². The summed E-state index contributed by atoms with van der Waals surface area (Å²) in [5.41, 5.74) is 17.6. The zero-order valence-corrected chi connectivity index (χ0v) is 20.9. The molecule has 1 atom stereocenters. The van der Waals surface area contributed by atoms with Gasteiger partial charge in [-0.1, -0.05) is 6.92 Å². The molecule has 0 spiro atoms. The summed E-state index contributed by atoms with van der Waals surface area (Å²) < 4.78 is 9.72. The van der Waals surface area contributed by atoms with Gasteiger partial charge in [-0.25, -0.2) is 14.4 Å². The molecule has 0 bridgehead atoms. The highest BCUT2D eigenvalue weighted by molar-refractivity contribution is 5.96. The van der Waals surface area contributed by atoms with E-state index in [-0.39, 0.29) is 11.9 Å². The summed E-state index contributed by atoms with van der Waals surface area (Å²) in [5, 5.41) is 1.07. The number of hydrogen-bond acceptors (Lipinski definition) is 6. The molecule has 9 heteroatoms. The fourth-order valence-electron chi connectivity index (χ4n) is 5.30. The summed E-state index contributed by atoms with van der Waals surface area (Å²) in [6.07, 6.45) is 5.19. The highest BCUT2D eigenvalue weighted by Crippen LogP contribution is 2.38. The number of fused-ring (bicyclic) bond motifs is 2. The van der Waals surface area contributed by atoms with E-state index in [1.54, 1.807) is 23.6 Å². The molecule has 5 heterocycles. The summed E-state index contributed by atoms with van der Waals surface area (Å²) in [7, 11) is 1.58. The molecule has 36 heavy (non-hydrogen) atoms. The van der Waals surface area contributed by atoms with Crippen LogP contribution in [0.25, 0.3) is 28.1 Å². The third-order valence-corrected chi connectivity index (χ3v) is 7.47. The maximum atomic E-state index is 13.3. The number of amides is 1. The third-order valence-electron chi connectivity index (χ3n) is 7.47. The lowest BCUT2D eigenvalue weighted by Gasteiger charge is -2.30. The first-order valence-corrected chi connectivity index (χ1v) is 12.9. The van der Waals surface area contributed by atoms with Crippen molar-refractivity contribution in [3.05, 3.63) is 41.6 Å². The van der Waals surface area contributed by atoms with Crippen molar-refractivity contribution < 1.29 is 9.53 Å². The Hall–Kier alpha value is -3.59. The minimum absolute atomic E-state index is 0.0113. The predicted octanol–water partition coefficient (Wildman–Crippen LogP) is 3.48. The molecule has 2 aliphatic rings. The summed E-state index contributed by atoms with van der Waals surface area (Å²) in [6.45, 7) is 4.27. The molecule has 6 rings (SSSR count). The number of carbonyl (C=O) groups is 1. The molecule has 2 fully saturated rings. The van der Waals surface area contributed by atoms with Crippen molar-refractivity contribution in [2.75, 3.05) is 25.9 Å².